The van der Waals surface area contributed by atoms with Crippen molar-refractivity contribution in [2.45, 2.75) is 63.6 Å². The zero-order valence-corrected chi connectivity index (χ0v) is 19.2. The predicted octanol–water partition coefficient (Wildman–Crippen LogP) is 3.17. The molecule has 6 nitrogen and oxygen atoms in total. The number of halogens is 1. The fraction of sp³-hybridized carbons (Fsp3) is 0.714. The van der Waals surface area contributed by atoms with Crippen molar-refractivity contribution in [3.8, 4) is 5.88 Å². The highest BCUT2D eigenvalue weighted by Gasteiger charge is 2.30. The molecule has 1 aromatic heterocycles. The third kappa shape index (κ3) is 6.20. The first-order chi connectivity index (χ1) is 13.3. The lowest BCUT2D eigenvalue weighted by Crippen LogP contribution is -2.45. The van der Waals surface area contributed by atoms with Gasteiger partial charge in [0.15, 0.2) is 5.96 Å². The van der Waals surface area contributed by atoms with E-state index in [2.05, 4.69) is 31.6 Å². The molecule has 1 aromatic rings. The van der Waals surface area contributed by atoms with Gasteiger partial charge in [0.05, 0.1) is 6.61 Å². The molecule has 2 aliphatic carbocycles. The van der Waals surface area contributed by atoms with E-state index in [1.54, 1.807) is 0 Å². The zero-order chi connectivity index (χ0) is 18.5. The summed E-state index contributed by atoms with van der Waals surface area (Å²) in [6.45, 7) is 3.88. The number of hydrogen-bond donors (Lipinski definition) is 2. The molecule has 7 heteroatoms. The van der Waals surface area contributed by atoms with Crippen LogP contribution < -0.4 is 15.4 Å². The van der Waals surface area contributed by atoms with E-state index in [9.17, 15) is 0 Å². The van der Waals surface area contributed by atoms with Gasteiger partial charge in [0.2, 0.25) is 5.88 Å². The van der Waals surface area contributed by atoms with Gasteiger partial charge in [0, 0.05) is 51.0 Å². The van der Waals surface area contributed by atoms with Crippen molar-refractivity contribution in [1.82, 2.24) is 20.5 Å². The fourth-order valence-electron chi connectivity index (χ4n) is 4.17. The number of hydrogen-bond acceptors (Lipinski definition) is 4. The average molecular weight is 499 g/mol. The van der Waals surface area contributed by atoms with Crippen LogP contribution in [0.4, 0.5) is 0 Å². The zero-order valence-electron chi connectivity index (χ0n) is 16.9. The van der Waals surface area contributed by atoms with Gasteiger partial charge in [-0.3, -0.25) is 9.89 Å². The Hall–Kier alpha value is -1.09. The van der Waals surface area contributed by atoms with Crippen molar-refractivity contribution in [3.05, 3.63) is 23.9 Å². The van der Waals surface area contributed by atoms with E-state index in [-0.39, 0.29) is 24.0 Å². The van der Waals surface area contributed by atoms with Crippen LogP contribution in [0, 0.1) is 5.92 Å². The Kier molecular flexibility index (Phi) is 8.20. The van der Waals surface area contributed by atoms with Crippen molar-refractivity contribution in [1.29, 1.82) is 0 Å². The van der Waals surface area contributed by atoms with E-state index >= 15 is 0 Å². The number of ether oxygens (including phenoxy) is 1. The first kappa shape index (κ1) is 21.6. The summed E-state index contributed by atoms with van der Waals surface area (Å²) in [6.07, 6.45) is 11.3. The minimum Gasteiger partial charge on any atom is -0.477 e. The molecule has 1 aliphatic heterocycles. The predicted molar refractivity (Wildman–Crippen MR) is 123 cm³/mol. The fourth-order valence-corrected chi connectivity index (χ4v) is 4.17. The van der Waals surface area contributed by atoms with Gasteiger partial charge in [-0.25, -0.2) is 4.98 Å². The summed E-state index contributed by atoms with van der Waals surface area (Å²) < 4.78 is 5.70. The lowest BCUT2D eigenvalue weighted by Gasteiger charge is -2.24. The van der Waals surface area contributed by atoms with E-state index in [4.69, 9.17) is 4.74 Å². The maximum absolute atomic E-state index is 5.70. The van der Waals surface area contributed by atoms with Crippen molar-refractivity contribution in [2.24, 2.45) is 10.9 Å². The molecule has 156 valence electrons. The second-order valence-electron chi connectivity index (χ2n) is 8.25. The van der Waals surface area contributed by atoms with Gasteiger partial charge in [-0.15, -0.1) is 24.0 Å². The largest absolute Gasteiger partial charge is 0.477 e. The molecule has 2 heterocycles. The number of aromatic nitrogens is 1. The van der Waals surface area contributed by atoms with Crippen molar-refractivity contribution in [3.63, 3.8) is 0 Å². The van der Waals surface area contributed by atoms with Crippen LogP contribution >= 0.6 is 24.0 Å². The highest BCUT2D eigenvalue weighted by molar-refractivity contribution is 14.0. The molecule has 28 heavy (non-hydrogen) atoms. The highest BCUT2D eigenvalue weighted by atomic mass is 127. The summed E-state index contributed by atoms with van der Waals surface area (Å²) in [5.41, 5.74) is 1.13. The van der Waals surface area contributed by atoms with Crippen LogP contribution in [0.2, 0.25) is 0 Å². The van der Waals surface area contributed by atoms with E-state index in [0.717, 1.165) is 42.5 Å². The smallest absolute Gasteiger partial charge is 0.213 e. The molecule has 3 fully saturated rings. The van der Waals surface area contributed by atoms with E-state index < -0.39 is 0 Å². The summed E-state index contributed by atoms with van der Waals surface area (Å²) in [6, 6.07) is 5.35. The molecule has 2 saturated carbocycles. The van der Waals surface area contributed by atoms with Crippen LogP contribution in [0.25, 0.3) is 0 Å². The monoisotopic (exact) mass is 499 g/mol. The molecule has 0 radical (unpaired) electrons. The van der Waals surface area contributed by atoms with Gasteiger partial charge >= 0.3 is 0 Å². The average Bonchev–Trinajstić information content (AvgIpc) is 3.17. The van der Waals surface area contributed by atoms with Gasteiger partial charge in [-0.1, -0.05) is 18.9 Å². The summed E-state index contributed by atoms with van der Waals surface area (Å²) in [7, 11) is 1.84. The van der Waals surface area contributed by atoms with Gasteiger partial charge < -0.3 is 15.4 Å². The number of guanidine groups is 1. The lowest BCUT2D eigenvalue weighted by molar-refractivity contribution is 0.242. The summed E-state index contributed by atoms with van der Waals surface area (Å²) in [5.74, 6) is 2.36. The SMILES string of the molecule is CN=C(NCc1ccc(OCC2CC2)nc1)NC1CCN(C2CCCC2)C1.I. The summed E-state index contributed by atoms with van der Waals surface area (Å²) in [4.78, 5) is 11.5. The lowest BCUT2D eigenvalue weighted by atomic mass is 10.2. The topological polar surface area (TPSA) is 61.8 Å². The highest BCUT2D eigenvalue weighted by Crippen LogP contribution is 2.29. The van der Waals surface area contributed by atoms with E-state index in [0.29, 0.717) is 12.6 Å². The van der Waals surface area contributed by atoms with Crippen molar-refractivity contribution < 1.29 is 4.74 Å². The van der Waals surface area contributed by atoms with Crippen LogP contribution in [-0.2, 0) is 6.54 Å². The molecule has 0 amide bonds. The van der Waals surface area contributed by atoms with Crippen LogP contribution in [0.5, 0.6) is 5.88 Å². The first-order valence-electron chi connectivity index (χ1n) is 10.6. The minimum absolute atomic E-state index is 0. The third-order valence-corrected chi connectivity index (χ3v) is 6.05. The van der Waals surface area contributed by atoms with Crippen LogP contribution in [-0.4, -0.2) is 54.7 Å². The molecule has 0 aromatic carbocycles. The van der Waals surface area contributed by atoms with Crippen molar-refractivity contribution >= 4 is 29.9 Å². The van der Waals surface area contributed by atoms with Gasteiger partial charge in [0.1, 0.15) is 0 Å². The quantitative estimate of drug-likeness (QED) is 0.343. The molecule has 3 aliphatic rings. The maximum Gasteiger partial charge on any atom is 0.213 e. The molecule has 2 N–H and O–H groups in total. The van der Waals surface area contributed by atoms with E-state index in [1.165, 1.54) is 51.5 Å². The molecular formula is C21H34IN5O. The molecule has 0 spiro atoms. The first-order valence-corrected chi connectivity index (χ1v) is 10.6. The Morgan fingerprint density at radius 1 is 1.21 bits per heavy atom. The van der Waals surface area contributed by atoms with Crippen LogP contribution in [0.15, 0.2) is 23.3 Å². The molecule has 1 atom stereocenters. The summed E-state index contributed by atoms with van der Waals surface area (Å²) in [5, 5.41) is 7.01. The standard InChI is InChI=1S/C21H33N5O.HI/c1-22-21(25-18-10-11-26(14-18)19-4-2-3-5-19)24-13-17-8-9-20(23-12-17)27-15-16-6-7-16;/h8-9,12,16,18-19H,2-7,10-11,13-15H2,1H3,(H2,22,24,25);1H. The minimum atomic E-state index is 0. The Labute approximate surface area is 185 Å². The normalized spacial score (nSPS) is 23.5. The molecular weight excluding hydrogens is 465 g/mol. The second-order valence-corrected chi connectivity index (χ2v) is 8.25. The second kappa shape index (κ2) is 10.6. The number of nitrogens with zero attached hydrogens (tertiary/aromatic N) is 3. The third-order valence-electron chi connectivity index (χ3n) is 6.05. The summed E-state index contributed by atoms with van der Waals surface area (Å²) >= 11 is 0. The number of aliphatic imine (C=N–C) groups is 1. The van der Waals surface area contributed by atoms with Crippen LogP contribution in [0.3, 0.4) is 0 Å². The number of likely N-dealkylation sites (tertiary alicyclic amines) is 1. The Balaban J connectivity index is 0.00000225. The number of rotatable bonds is 7. The molecule has 0 bridgehead atoms. The van der Waals surface area contributed by atoms with Crippen molar-refractivity contribution in [2.75, 3.05) is 26.7 Å². The molecule has 1 saturated heterocycles. The Bertz CT molecular complexity index is 628. The molecule has 1 unspecified atom stereocenters. The van der Waals surface area contributed by atoms with Gasteiger partial charge in [-0.2, -0.15) is 0 Å². The number of nitrogens with one attached hydrogen (secondary N) is 2. The Morgan fingerprint density at radius 2 is 2.04 bits per heavy atom. The van der Waals surface area contributed by atoms with E-state index in [1.807, 2.05) is 19.3 Å². The van der Waals surface area contributed by atoms with Crippen LogP contribution in [0.1, 0.15) is 50.5 Å². The molecule has 4 rings (SSSR count). The Morgan fingerprint density at radius 3 is 2.71 bits per heavy atom. The van der Waals surface area contributed by atoms with Gasteiger partial charge in [-0.05, 0) is 43.6 Å². The maximum atomic E-state index is 5.70. The number of pyridine rings is 1. The van der Waals surface area contributed by atoms with Gasteiger partial charge in [0.25, 0.3) is 0 Å².